The summed E-state index contributed by atoms with van der Waals surface area (Å²) in [5.41, 5.74) is 0.404. The Morgan fingerprint density at radius 3 is 2.62 bits per heavy atom. The molecule has 0 radical (unpaired) electrons. The molecule has 2 amide bonds. The van der Waals surface area contributed by atoms with Crippen molar-refractivity contribution in [3.05, 3.63) is 45.9 Å². The Morgan fingerprint density at radius 1 is 1.21 bits per heavy atom. The highest BCUT2D eigenvalue weighted by Gasteiger charge is 2.27. The highest BCUT2D eigenvalue weighted by atomic mass is 79.9. The first-order valence-corrected chi connectivity index (χ1v) is 11.4. The van der Waals surface area contributed by atoms with Crippen molar-refractivity contribution in [1.82, 2.24) is 4.72 Å². The molecule has 3 rings (SSSR count). The second-order valence-corrected chi connectivity index (χ2v) is 9.28. The Balaban J connectivity index is 1.77. The van der Waals surface area contributed by atoms with Crippen LogP contribution in [0.1, 0.15) is 12.8 Å². The van der Waals surface area contributed by atoms with E-state index in [-0.39, 0.29) is 23.4 Å². The molecule has 0 aliphatic carbocycles. The second kappa shape index (κ2) is 9.31. The van der Waals surface area contributed by atoms with Gasteiger partial charge in [0.2, 0.25) is 10.0 Å². The van der Waals surface area contributed by atoms with Crippen molar-refractivity contribution < 1.29 is 23.1 Å². The van der Waals surface area contributed by atoms with Crippen molar-refractivity contribution in [2.75, 3.05) is 23.8 Å². The molecule has 1 saturated heterocycles. The van der Waals surface area contributed by atoms with Gasteiger partial charge in [0.05, 0.1) is 22.5 Å². The maximum Gasteiger partial charge on any atom is 0.323 e. The SMILES string of the molecule is O=C(Nc1ccccc1Br)Nc1ccc(Cl)c(S(=O)(=O)NC[C@H]2CCCO2)c1O. The summed E-state index contributed by atoms with van der Waals surface area (Å²) in [5, 5.41) is 15.3. The summed E-state index contributed by atoms with van der Waals surface area (Å²) in [4.78, 5) is 11.8. The van der Waals surface area contributed by atoms with Gasteiger partial charge in [0.1, 0.15) is 4.90 Å². The molecule has 1 atom stereocenters. The molecule has 0 aromatic heterocycles. The van der Waals surface area contributed by atoms with E-state index in [1.165, 1.54) is 12.1 Å². The lowest BCUT2D eigenvalue weighted by Gasteiger charge is -2.16. The summed E-state index contributed by atoms with van der Waals surface area (Å²) in [6, 6.07) is 8.90. The standard InChI is InChI=1S/C18H19BrClN3O5S/c19-12-5-1-2-6-14(12)22-18(25)23-15-8-7-13(20)17(16(15)24)29(26,27)21-10-11-4-3-9-28-11/h1-2,5-8,11,21,24H,3-4,9-10H2,(H2,22,23,25)/t11-/m1/s1. The maximum absolute atomic E-state index is 12.7. The lowest BCUT2D eigenvalue weighted by atomic mass is 10.2. The zero-order chi connectivity index (χ0) is 21.0. The van der Waals surface area contributed by atoms with Gasteiger partial charge < -0.3 is 20.5 Å². The van der Waals surface area contributed by atoms with Gasteiger partial charge in [0, 0.05) is 17.6 Å². The molecule has 1 aliphatic rings. The van der Waals surface area contributed by atoms with E-state index in [0.29, 0.717) is 16.8 Å². The molecule has 2 aromatic rings. The van der Waals surface area contributed by atoms with E-state index in [0.717, 1.165) is 12.8 Å². The van der Waals surface area contributed by atoms with Crippen LogP contribution in [-0.2, 0) is 14.8 Å². The first-order chi connectivity index (χ1) is 13.8. The Morgan fingerprint density at radius 2 is 1.93 bits per heavy atom. The first kappa shape index (κ1) is 21.8. The number of benzene rings is 2. The molecule has 0 saturated carbocycles. The zero-order valence-electron chi connectivity index (χ0n) is 15.1. The third-order valence-electron chi connectivity index (χ3n) is 4.25. The number of carbonyl (C=O) groups is 1. The number of ether oxygens (including phenoxy) is 1. The van der Waals surface area contributed by atoms with Crippen molar-refractivity contribution in [2.45, 2.75) is 23.8 Å². The number of aromatic hydroxyl groups is 1. The average Bonchev–Trinajstić information content (AvgIpc) is 3.18. The molecule has 0 spiro atoms. The number of hydrogen-bond donors (Lipinski definition) is 4. The van der Waals surface area contributed by atoms with Gasteiger partial charge in [0.25, 0.3) is 0 Å². The molecule has 29 heavy (non-hydrogen) atoms. The number of hydrogen-bond acceptors (Lipinski definition) is 5. The van der Waals surface area contributed by atoms with Gasteiger partial charge in [-0.1, -0.05) is 23.7 Å². The molecule has 0 bridgehead atoms. The number of sulfonamides is 1. The normalized spacial score (nSPS) is 16.6. The van der Waals surface area contributed by atoms with Crippen molar-refractivity contribution in [2.24, 2.45) is 0 Å². The summed E-state index contributed by atoms with van der Waals surface area (Å²) in [6.45, 7) is 0.655. The van der Waals surface area contributed by atoms with Crippen molar-refractivity contribution in [3.8, 4) is 5.75 Å². The number of rotatable bonds is 6. The highest BCUT2D eigenvalue weighted by Crippen LogP contribution is 2.37. The zero-order valence-corrected chi connectivity index (χ0v) is 18.3. The number of carbonyl (C=O) groups excluding carboxylic acids is 1. The van der Waals surface area contributed by atoms with Crippen LogP contribution in [0.25, 0.3) is 0 Å². The molecule has 2 aromatic carbocycles. The van der Waals surface area contributed by atoms with Gasteiger partial charge in [-0.2, -0.15) is 0 Å². The van der Waals surface area contributed by atoms with Crippen molar-refractivity contribution >= 4 is 55.0 Å². The van der Waals surface area contributed by atoms with E-state index in [2.05, 4.69) is 31.3 Å². The van der Waals surface area contributed by atoms with E-state index in [1.54, 1.807) is 24.3 Å². The molecule has 11 heteroatoms. The number of anilines is 2. The monoisotopic (exact) mass is 503 g/mol. The Kier molecular flexibility index (Phi) is 7.01. The van der Waals surface area contributed by atoms with E-state index in [9.17, 15) is 18.3 Å². The molecular weight excluding hydrogens is 486 g/mol. The lowest BCUT2D eigenvalue weighted by molar-refractivity contribution is 0.114. The second-order valence-electron chi connectivity index (χ2n) is 6.32. The first-order valence-electron chi connectivity index (χ1n) is 8.73. The predicted octanol–water partition coefficient (Wildman–Crippen LogP) is 3.91. The van der Waals surface area contributed by atoms with E-state index < -0.39 is 26.7 Å². The van der Waals surface area contributed by atoms with Gasteiger partial charge in [0.15, 0.2) is 5.75 Å². The number of para-hydroxylation sites is 1. The number of urea groups is 1. The predicted molar refractivity (Wildman–Crippen MR) is 114 cm³/mol. The third-order valence-corrected chi connectivity index (χ3v) is 6.86. The number of halogens is 2. The fourth-order valence-corrected chi connectivity index (χ4v) is 4.90. The molecule has 1 fully saturated rings. The van der Waals surface area contributed by atoms with E-state index in [1.807, 2.05) is 0 Å². The van der Waals surface area contributed by atoms with Gasteiger partial charge in [-0.25, -0.2) is 17.9 Å². The number of phenols is 1. The summed E-state index contributed by atoms with van der Waals surface area (Å²) < 4.78 is 33.8. The van der Waals surface area contributed by atoms with Gasteiger partial charge >= 0.3 is 6.03 Å². The summed E-state index contributed by atoms with van der Waals surface area (Å²) >= 11 is 9.33. The van der Waals surface area contributed by atoms with Crippen LogP contribution >= 0.6 is 27.5 Å². The van der Waals surface area contributed by atoms with Crippen LogP contribution in [-0.4, -0.2) is 38.8 Å². The summed E-state index contributed by atoms with van der Waals surface area (Å²) in [5.74, 6) is -0.653. The maximum atomic E-state index is 12.7. The molecule has 0 unspecified atom stereocenters. The van der Waals surface area contributed by atoms with Crippen LogP contribution < -0.4 is 15.4 Å². The minimum atomic E-state index is -4.12. The van der Waals surface area contributed by atoms with Crippen LogP contribution in [0.2, 0.25) is 5.02 Å². The van der Waals surface area contributed by atoms with Gasteiger partial charge in [-0.05, 0) is 53.0 Å². The van der Waals surface area contributed by atoms with Crippen LogP contribution in [0.5, 0.6) is 5.75 Å². The summed E-state index contributed by atoms with van der Waals surface area (Å²) in [6.07, 6.45) is 1.39. The van der Waals surface area contributed by atoms with Crippen LogP contribution in [0.4, 0.5) is 16.2 Å². The highest BCUT2D eigenvalue weighted by molar-refractivity contribution is 9.10. The Bertz CT molecular complexity index is 1010. The molecule has 1 aliphatic heterocycles. The average molecular weight is 505 g/mol. The molecule has 8 nitrogen and oxygen atoms in total. The van der Waals surface area contributed by atoms with E-state index in [4.69, 9.17) is 16.3 Å². The molecule has 156 valence electrons. The number of phenolic OH excluding ortho intramolecular Hbond substituents is 1. The number of nitrogens with one attached hydrogen (secondary N) is 3. The van der Waals surface area contributed by atoms with E-state index >= 15 is 0 Å². The fourth-order valence-electron chi connectivity index (χ4n) is 2.82. The smallest absolute Gasteiger partial charge is 0.323 e. The largest absolute Gasteiger partial charge is 0.504 e. The van der Waals surface area contributed by atoms with Crippen LogP contribution in [0.3, 0.4) is 0 Å². The van der Waals surface area contributed by atoms with Crippen molar-refractivity contribution in [3.63, 3.8) is 0 Å². The van der Waals surface area contributed by atoms with Crippen molar-refractivity contribution in [1.29, 1.82) is 0 Å². The molecular formula is C18H19BrClN3O5S. The Hall–Kier alpha value is -1.85. The molecule has 4 N–H and O–H groups in total. The van der Waals surface area contributed by atoms with Crippen LogP contribution in [0.15, 0.2) is 45.8 Å². The quantitative estimate of drug-likeness (QED) is 0.445. The minimum Gasteiger partial charge on any atom is -0.504 e. The minimum absolute atomic E-state index is 0.0677. The Labute approximate surface area is 181 Å². The topological polar surface area (TPSA) is 117 Å². The van der Waals surface area contributed by atoms with Gasteiger partial charge in [-0.3, -0.25) is 0 Å². The lowest BCUT2D eigenvalue weighted by Crippen LogP contribution is -2.32. The molecule has 1 heterocycles. The van der Waals surface area contributed by atoms with Crippen LogP contribution in [0, 0.1) is 0 Å². The van der Waals surface area contributed by atoms with Gasteiger partial charge in [-0.15, -0.1) is 0 Å². The summed E-state index contributed by atoms with van der Waals surface area (Å²) in [7, 11) is -4.12. The fraction of sp³-hybridized carbons (Fsp3) is 0.278. The third kappa shape index (κ3) is 5.40. The number of amides is 2.